The van der Waals surface area contributed by atoms with E-state index in [4.69, 9.17) is 0 Å². The van der Waals surface area contributed by atoms with Crippen LogP contribution in [0.5, 0.6) is 0 Å². The molecule has 0 fully saturated rings. The third-order valence-electron chi connectivity index (χ3n) is 12.7. The molecule has 0 heterocycles. The van der Waals surface area contributed by atoms with Crippen molar-refractivity contribution in [2.75, 3.05) is 0 Å². The fourth-order valence-electron chi connectivity index (χ4n) is 9.86. The van der Waals surface area contributed by atoms with E-state index in [1.807, 2.05) is 9.77 Å². The molecule has 0 nitrogen and oxygen atoms in total. The minimum absolute atomic E-state index is 0. The maximum Gasteiger partial charge on any atom is -1.00 e. The van der Waals surface area contributed by atoms with Crippen molar-refractivity contribution in [3.05, 3.63) is 88.0 Å². The minimum Gasteiger partial charge on any atom is -1.00 e. The second kappa shape index (κ2) is 15.2. The number of fused-ring (bicyclic) bond motifs is 5. The molecular weight excluding hydrogens is 763 g/mol. The number of hydrogen-bond acceptors (Lipinski definition) is 0. The van der Waals surface area contributed by atoms with Crippen molar-refractivity contribution in [2.24, 2.45) is 22.2 Å². The van der Waals surface area contributed by atoms with Crippen LogP contribution >= 0.6 is 0 Å². The molecule has 3 heteroatoms. The number of unbranched alkanes of at least 4 members (excludes halogenated alkanes) is 2. The van der Waals surface area contributed by atoms with Crippen LogP contribution in [0.2, 0.25) is 0 Å². The normalized spacial score (nSPS) is 19.2. The molecular formula is C50H70Cl2Zr. The number of benzene rings is 2. The molecule has 1 atom stereocenters. The molecule has 0 N–H and O–H groups in total. The predicted octanol–water partition coefficient (Wildman–Crippen LogP) is 8.71. The van der Waals surface area contributed by atoms with E-state index in [-0.39, 0.29) is 51.9 Å². The van der Waals surface area contributed by atoms with E-state index in [1.165, 1.54) is 71.9 Å². The zero-order valence-corrected chi connectivity index (χ0v) is 40.3. The van der Waals surface area contributed by atoms with Gasteiger partial charge in [0.15, 0.2) is 0 Å². The molecule has 0 aromatic heterocycles. The molecule has 0 radical (unpaired) electrons. The summed E-state index contributed by atoms with van der Waals surface area (Å²) in [5, 5.41) is 0. The predicted molar refractivity (Wildman–Crippen MR) is 223 cm³/mol. The van der Waals surface area contributed by atoms with Gasteiger partial charge in [0.25, 0.3) is 0 Å². The third kappa shape index (κ3) is 7.87. The van der Waals surface area contributed by atoms with Crippen molar-refractivity contribution in [3.63, 3.8) is 0 Å². The van der Waals surface area contributed by atoms with Crippen LogP contribution in [0.25, 0.3) is 22.3 Å². The van der Waals surface area contributed by atoms with Crippen LogP contribution in [0.4, 0.5) is 0 Å². The van der Waals surface area contributed by atoms with Gasteiger partial charge in [-0.2, -0.15) is 0 Å². The Morgan fingerprint density at radius 1 is 0.698 bits per heavy atom. The molecule has 4 aliphatic rings. The standard InChI is InChI=1S/C31H37.C10H15.C9H18.2ClH.Zr/c1-28(2,3)26-16-30(7,8)24-12-18-11-19-13-25-23(15-21(19)20(18)14-22(24)26)27(29(4,5)6)17-31(25,9)10;1-8-5-6-9(7-8)10(2,3)4;1-3-5-7-9-8-6-4-2;;;/h12-16H,11H2,1-10H3;6-8H,1-4H3;3-8H2,1-2H3;2*1H;/q;;;;;+2/p-2. The van der Waals surface area contributed by atoms with Gasteiger partial charge in [-0.25, -0.2) is 0 Å². The summed E-state index contributed by atoms with van der Waals surface area (Å²) in [4.78, 5) is 0. The summed E-state index contributed by atoms with van der Waals surface area (Å²) in [6, 6.07) is 10.6. The number of rotatable bonds is 8. The minimum atomic E-state index is -2.56. The summed E-state index contributed by atoms with van der Waals surface area (Å²) >= 11 is -2.56. The molecule has 0 amide bonds. The van der Waals surface area contributed by atoms with Crippen molar-refractivity contribution >= 4 is 14.4 Å². The van der Waals surface area contributed by atoms with Crippen molar-refractivity contribution < 1.29 is 46.1 Å². The van der Waals surface area contributed by atoms with Gasteiger partial charge in [0.05, 0.1) is 0 Å². The summed E-state index contributed by atoms with van der Waals surface area (Å²) in [5.41, 5.74) is 17.5. The van der Waals surface area contributed by atoms with Crippen LogP contribution in [-0.2, 0) is 38.5 Å². The first-order chi connectivity index (χ1) is 23.5. The van der Waals surface area contributed by atoms with E-state index in [1.54, 1.807) is 27.8 Å². The first-order valence-electron chi connectivity index (χ1n) is 20.5. The van der Waals surface area contributed by atoms with Gasteiger partial charge in [-0.1, -0.05) is 0 Å². The molecule has 0 aliphatic heterocycles. The molecule has 2 aromatic rings. The summed E-state index contributed by atoms with van der Waals surface area (Å²) in [7, 11) is 0. The van der Waals surface area contributed by atoms with Crippen LogP contribution in [0.3, 0.4) is 0 Å². The Bertz CT molecular complexity index is 1920. The average molecular weight is 833 g/mol. The molecule has 4 aliphatic carbocycles. The molecule has 0 bridgehead atoms. The number of halogens is 2. The largest absolute Gasteiger partial charge is 1.00 e. The molecule has 288 valence electrons. The van der Waals surface area contributed by atoms with Crippen molar-refractivity contribution in [1.29, 1.82) is 0 Å². The summed E-state index contributed by atoms with van der Waals surface area (Å²) in [5.74, 6) is 0.536. The van der Waals surface area contributed by atoms with Crippen molar-refractivity contribution in [2.45, 2.75) is 167 Å². The second-order valence-corrected chi connectivity index (χ2v) is 27.1. The van der Waals surface area contributed by atoms with Gasteiger partial charge in [0.1, 0.15) is 0 Å². The van der Waals surface area contributed by atoms with Gasteiger partial charge >= 0.3 is 323 Å². The monoisotopic (exact) mass is 830 g/mol. The average Bonchev–Trinajstić information content (AvgIpc) is 3.70. The number of allylic oxidation sites excluding steroid dienone is 8. The van der Waals surface area contributed by atoms with E-state index in [0.717, 1.165) is 6.42 Å². The quantitative estimate of drug-likeness (QED) is 0.213. The van der Waals surface area contributed by atoms with Crippen LogP contribution < -0.4 is 24.8 Å². The fraction of sp³-hybridized carbons (Fsp3) is 0.580. The Labute approximate surface area is 345 Å². The van der Waals surface area contributed by atoms with E-state index in [9.17, 15) is 0 Å². The van der Waals surface area contributed by atoms with Gasteiger partial charge in [0, 0.05) is 0 Å². The Balaban J connectivity index is 0.00000314. The summed E-state index contributed by atoms with van der Waals surface area (Å²) in [6.45, 7) is 39.4. The van der Waals surface area contributed by atoms with Crippen molar-refractivity contribution in [3.8, 4) is 11.1 Å². The van der Waals surface area contributed by atoms with Gasteiger partial charge in [-0.3, -0.25) is 0 Å². The maximum absolute atomic E-state index is 2.74. The molecule has 6 rings (SSSR count). The third-order valence-corrected chi connectivity index (χ3v) is 21.9. The van der Waals surface area contributed by atoms with Gasteiger partial charge in [-0.15, -0.1) is 0 Å². The van der Waals surface area contributed by atoms with Gasteiger partial charge in [-0.05, 0) is 0 Å². The van der Waals surface area contributed by atoms with Gasteiger partial charge in [0.2, 0.25) is 0 Å². The summed E-state index contributed by atoms with van der Waals surface area (Å²) < 4.78 is 5.73. The molecule has 0 saturated carbocycles. The molecule has 1 unspecified atom stereocenters. The molecule has 0 saturated heterocycles. The Kier molecular flexibility index (Phi) is 12.8. The van der Waals surface area contributed by atoms with Crippen LogP contribution in [-0.4, -0.2) is 3.21 Å². The zero-order chi connectivity index (χ0) is 37.6. The van der Waals surface area contributed by atoms with E-state index in [0.29, 0.717) is 5.92 Å². The number of hydrogen-bond donors (Lipinski definition) is 0. The van der Waals surface area contributed by atoms with E-state index >= 15 is 0 Å². The first-order valence-corrected chi connectivity index (χ1v) is 24.2. The Morgan fingerprint density at radius 3 is 1.70 bits per heavy atom. The smallest absolute Gasteiger partial charge is 1.00 e. The van der Waals surface area contributed by atoms with Crippen molar-refractivity contribution in [1.82, 2.24) is 0 Å². The molecule has 53 heavy (non-hydrogen) atoms. The zero-order valence-electron chi connectivity index (χ0n) is 36.3. The van der Waals surface area contributed by atoms with E-state index < -0.39 is 21.3 Å². The van der Waals surface area contributed by atoms with Crippen LogP contribution in [0.1, 0.15) is 183 Å². The Morgan fingerprint density at radius 2 is 1.23 bits per heavy atom. The maximum atomic E-state index is 2.74. The fourth-order valence-corrected chi connectivity index (χ4v) is 20.3. The topological polar surface area (TPSA) is 0 Å². The van der Waals surface area contributed by atoms with Crippen LogP contribution in [0, 0.1) is 22.2 Å². The molecule has 2 aromatic carbocycles. The van der Waals surface area contributed by atoms with Crippen LogP contribution in [0.15, 0.2) is 54.6 Å². The SMILES string of the molecule is CCCC[C](CCCC)=[Zr+2]([C]1=CC(C(C)(C)C)=CC1C)[C]1=C(C(C)(C)C)c2cc3c(cc2C1(C)C)Cc1cc2c(cc1-3)C(C(C)(C)C)=CC2(C)C.[Cl-].[Cl-]. The van der Waals surface area contributed by atoms with E-state index in [2.05, 4.69) is 153 Å². The first kappa shape index (κ1) is 44.4. The summed E-state index contributed by atoms with van der Waals surface area (Å²) in [6.07, 6.45) is 16.8. The second-order valence-electron chi connectivity index (χ2n) is 20.9. The molecule has 0 spiro atoms. The Hall–Kier alpha value is -1.27. The van der Waals surface area contributed by atoms with Gasteiger partial charge < -0.3 is 24.8 Å².